The molecule has 0 radical (unpaired) electrons. The van der Waals surface area contributed by atoms with Gasteiger partial charge in [-0.1, -0.05) is 22.9 Å². The predicted octanol–water partition coefficient (Wildman–Crippen LogP) is 2.27. The zero-order chi connectivity index (χ0) is 10.3. The van der Waals surface area contributed by atoms with Crippen molar-refractivity contribution in [2.75, 3.05) is 11.9 Å². The van der Waals surface area contributed by atoms with Crippen LogP contribution in [0.4, 0.5) is 0 Å². The Balaban J connectivity index is 1.95. The Morgan fingerprint density at radius 3 is 2.57 bits per heavy atom. The molecule has 1 saturated carbocycles. The quantitative estimate of drug-likeness (QED) is 0.697. The first-order chi connectivity index (χ1) is 6.65. The van der Waals surface area contributed by atoms with E-state index in [1.54, 1.807) is 0 Å². The van der Waals surface area contributed by atoms with E-state index in [1.165, 1.54) is 6.42 Å². The SMILES string of the molecule is CC1CC1C(=O)N1CCC(CBr)C1C. The smallest absolute Gasteiger partial charge is 0.226 e. The maximum atomic E-state index is 12.0. The van der Waals surface area contributed by atoms with Gasteiger partial charge in [0.15, 0.2) is 0 Å². The second kappa shape index (κ2) is 3.84. The summed E-state index contributed by atoms with van der Waals surface area (Å²) >= 11 is 3.52. The number of hydrogen-bond donors (Lipinski definition) is 0. The third-order valence-corrected chi connectivity index (χ3v) is 4.65. The molecule has 0 aromatic carbocycles. The summed E-state index contributed by atoms with van der Waals surface area (Å²) in [5.41, 5.74) is 0. The lowest BCUT2D eigenvalue weighted by molar-refractivity contribution is -0.133. The fourth-order valence-electron chi connectivity index (χ4n) is 2.40. The number of rotatable bonds is 2. The van der Waals surface area contributed by atoms with Crippen molar-refractivity contribution < 1.29 is 4.79 Å². The first-order valence-electron chi connectivity index (χ1n) is 5.51. The molecule has 0 spiro atoms. The number of nitrogens with zero attached hydrogens (tertiary/aromatic N) is 1. The molecule has 0 N–H and O–H groups in total. The predicted molar refractivity (Wildman–Crippen MR) is 60.3 cm³/mol. The largest absolute Gasteiger partial charge is 0.339 e. The minimum absolute atomic E-state index is 0.353. The fraction of sp³-hybridized carbons (Fsp3) is 0.909. The van der Waals surface area contributed by atoms with Crippen LogP contribution < -0.4 is 0 Å². The minimum Gasteiger partial charge on any atom is -0.339 e. The summed E-state index contributed by atoms with van der Waals surface area (Å²) in [6.45, 7) is 5.33. The molecule has 1 heterocycles. The molecule has 1 aliphatic carbocycles. The van der Waals surface area contributed by atoms with E-state index in [1.807, 2.05) is 0 Å². The summed E-state index contributed by atoms with van der Waals surface area (Å²) in [4.78, 5) is 14.1. The summed E-state index contributed by atoms with van der Waals surface area (Å²) in [6.07, 6.45) is 2.28. The Kier molecular flexibility index (Phi) is 2.87. The number of alkyl halides is 1. The average molecular weight is 260 g/mol. The molecule has 1 aliphatic heterocycles. The highest BCUT2D eigenvalue weighted by molar-refractivity contribution is 9.09. The van der Waals surface area contributed by atoms with Gasteiger partial charge in [0.25, 0.3) is 0 Å². The molecule has 2 fully saturated rings. The number of hydrogen-bond acceptors (Lipinski definition) is 1. The van der Waals surface area contributed by atoms with Crippen molar-refractivity contribution in [2.45, 2.75) is 32.7 Å². The molecular weight excluding hydrogens is 242 g/mol. The lowest BCUT2D eigenvalue weighted by Crippen LogP contribution is -2.37. The Bertz CT molecular complexity index is 243. The summed E-state index contributed by atoms with van der Waals surface area (Å²) in [7, 11) is 0. The van der Waals surface area contributed by atoms with Crippen molar-refractivity contribution in [3.8, 4) is 0 Å². The number of amides is 1. The van der Waals surface area contributed by atoms with Crippen molar-refractivity contribution in [1.82, 2.24) is 4.90 Å². The summed E-state index contributed by atoms with van der Waals surface area (Å²) < 4.78 is 0. The van der Waals surface area contributed by atoms with E-state index in [0.29, 0.717) is 29.7 Å². The van der Waals surface area contributed by atoms with Crippen LogP contribution in [0.3, 0.4) is 0 Å². The Morgan fingerprint density at radius 2 is 2.14 bits per heavy atom. The van der Waals surface area contributed by atoms with Crippen molar-refractivity contribution >= 4 is 21.8 Å². The molecule has 2 rings (SSSR count). The molecule has 2 nitrogen and oxygen atoms in total. The van der Waals surface area contributed by atoms with Crippen LogP contribution in [0.25, 0.3) is 0 Å². The standard InChI is InChI=1S/C11H18BrNO/c1-7-5-10(7)11(14)13-4-3-9(6-12)8(13)2/h7-10H,3-6H2,1-2H3. The van der Waals surface area contributed by atoms with Crippen LogP contribution in [-0.4, -0.2) is 28.7 Å². The van der Waals surface area contributed by atoms with Gasteiger partial charge < -0.3 is 4.90 Å². The highest BCUT2D eigenvalue weighted by atomic mass is 79.9. The van der Waals surface area contributed by atoms with Gasteiger partial charge in [0.1, 0.15) is 0 Å². The Morgan fingerprint density at radius 1 is 1.50 bits per heavy atom. The van der Waals surface area contributed by atoms with Crippen LogP contribution in [0.15, 0.2) is 0 Å². The minimum atomic E-state index is 0.353. The molecule has 0 aromatic rings. The Hall–Kier alpha value is -0.0500. The van der Waals surface area contributed by atoms with Crippen LogP contribution in [-0.2, 0) is 4.79 Å². The van der Waals surface area contributed by atoms with E-state index in [9.17, 15) is 4.79 Å². The van der Waals surface area contributed by atoms with E-state index < -0.39 is 0 Å². The summed E-state index contributed by atoms with van der Waals surface area (Å²) in [5.74, 6) is 2.06. The fourth-order valence-corrected chi connectivity index (χ4v) is 3.27. The molecule has 4 unspecified atom stereocenters. The van der Waals surface area contributed by atoms with Gasteiger partial charge in [0.05, 0.1) is 0 Å². The highest BCUT2D eigenvalue weighted by Gasteiger charge is 2.44. The molecule has 0 aromatic heterocycles. The lowest BCUT2D eigenvalue weighted by Gasteiger charge is -2.24. The van der Waals surface area contributed by atoms with Crippen molar-refractivity contribution in [1.29, 1.82) is 0 Å². The van der Waals surface area contributed by atoms with E-state index >= 15 is 0 Å². The van der Waals surface area contributed by atoms with Gasteiger partial charge in [-0.05, 0) is 31.6 Å². The average Bonchev–Trinajstić information content (AvgIpc) is 2.77. The maximum Gasteiger partial charge on any atom is 0.226 e. The van der Waals surface area contributed by atoms with Gasteiger partial charge in [-0.15, -0.1) is 0 Å². The number of likely N-dealkylation sites (tertiary alicyclic amines) is 1. The molecule has 14 heavy (non-hydrogen) atoms. The molecule has 0 bridgehead atoms. The number of carbonyl (C=O) groups is 1. The van der Waals surface area contributed by atoms with Gasteiger partial charge in [-0.25, -0.2) is 0 Å². The molecular formula is C11H18BrNO. The highest BCUT2D eigenvalue weighted by Crippen LogP contribution is 2.41. The van der Waals surface area contributed by atoms with E-state index in [0.717, 1.165) is 18.3 Å². The molecule has 80 valence electrons. The maximum absolute atomic E-state index is 12.0. The number of halogens is 1. The topological polar surface area (TPSA) is 20.3 Å². The van der Waals surface area contributed by atoms with Crippen molar-refractivity contribution in [3.05, 3.63) is 0 Å². The van der Waals surface area contributed by atoms with Crippen LogP contribution in [0.5, 0.6) is 0 Å². The number of carbonyl (C=O) groups excluding carboxylic acids is 1. The van der Waals surface area contributed by atoms with E-state index in [4.69, 9.17) is 0 Å². The van der Waals surface area contributed by atoms with Crippen LogP contribution in [0, 0.1) is 17.8 Å². The van der Waals surface area contributed by atoms with Gasteiger partial charge >= 0.3 is 0 Å². The van der Waals surface area contributed by atoms with Crippen molar-refractivity contribution in [3.63, 3.8) is 0 Å². The second-order valence-electron chi connectivity index (χ2n) is 4.79. The third kappa shape index (κ3) is 1.71. The van der Waals surface area contributed by atoms with Crippen molar-refractivity contribution in [2.24, 2.45) is 17.8 Å². The van der Waals surface area contributed by atoms with Gasteiger partial charge in [0.2, 0.25) is 5.91 Å². The van der Waals surface area contributed by atoms with Gasteiger partial charge in [-0.3, -0.25) is 4.79 Å². The Labute approximate surface area is 94.2 Å². The zero-order valence-corrected chi connectivity index (χ0v) is 10.5. The first-order valence-corrected chi connectivity index (χ1v) is 6.63. The van der Waals surface area contributed by atoms with Gasteiger partial charge in [-0.2, -0.15) is 0 Å². The van der Waals surface area contributed by atoms with E-state index in [2.05, 4.69) is 34.7 Å². The lowest BCUT2D eigenvalue weighted by atomic mass is 10.1. The monoisotopic (exact) mass is 259 g/mol. The summed E-state index contributed by atoms with van der Waals surface area (Å²) in [5, 5.41) is 1.03. The van der Waals surface area contributed by atoms with E-state index in [-0.39, 0.29) is 0 Å². The molecule has 1 amide bonds. The summed E-state index contributed by atoms with van der Waals surface area (Å²) in [6, 6.07) is 0.440. The van der Waals surface area contributed by atoms with Crippen LogP contribution >= 0.6 is 15.9 Å². The normalized spacial score (nSPS) is 41.5. The van der Waals surface area contributed by atoms with Gasteiger partial charge in [0, 0.05) is 23.8 Å². The van der Waals surface area contributed by atoms with Crippen LogP contribution in [0.1, 0.15) is 26.7 Å². The molecule has 2 aliphatic rings. The second-order valence-corrected chi connectivity index (χ2v) is 5.44. The zero-order valence-electron chi connectivity index (χ0n) is 8.87. The molecule has 3 heteroatoms. The molecule has 1 saturated heterocycles. The van der Waals surface area contributed by atoms with Crippen LogP contribution in [0.2, 0.25) is 0 Å². The first kappa shape index (κ1) is 10.5. The third-order valence-electron chi connectivity index (χ3n) is 3.82. The molecule has 4 atom stereocenters.